The molecule has 0 unspecified atom stereocenters. The second-order valence-corrected chi connectivity index (χ2v) is 3.38. The van der Waals surface area contributed by atoms with E-state index in [1.165, 1.54) is 0 Å². The van der Waals surface area contributed by atoms with E-state index in [1.807, 2.05) is 24.6 Å². The van der Waals surface area contributed by atoms with Gasteiger partial charge >= 0.3 is 0 Å². The van der Waals surface area contributed by atoms with Crippen LogP contribution in [0.2, 0.25) is 0 Å². The van der Waals surface area contributed by atoms with Crippen molar-refractivity contribution in [3.8, 4) is 10.6 Å². The fraction of sp³-hybridized carbons (Fsp3) is 0.111. The quantitative estimate of drug-likeness (QED) is 0.791. The molecule has 0 aliphatic carbocycles. The molecule has 0 spiro atoms. The van der Waals surface area contributed by atoms with Crippen LogP contribution in [0.3, 0.4) is 0 Å². The third kappa shape index (κ3) is 1.67. The van der Waals surface area contributed by atoms with Crippen molar-refractivity contribution in [3.05, 3.63) is 29.9 Å². The van der Waals surface area contributed by atoms with E-state index in [1.54, 1.807) is 23.7 Å². The SMILES string of the molecule is CNc1csc(-c2ccncc2)n1. The molecule has 1 N–H and O–H groups in total. The highest BCUT2D eigenvalue weighted by molar-refractivity contribution is 7.13. The summed E-state index contributed by atoms with van der Waals surface area (Å²) in [6.45, 7) is 0. The largest absolute Gasteiger partial charge is 0.372 e. The van der Waals surface area contributed by atoms with Crippen molar-refractivity contribution >= 4 is 17.2 Å². The van der Waals surface area contributed by atoms with Gasteiger partial charge in [-0.1, -0.05) is 0 Å². The van der Waals surface area contributed by atoms with Crippen molar-refractivity contribution in [2.75, 3.05) is 12.4 Å². The van der Waals surface area contributed by atoms with Crippen molar-refractivity contribution in [2.24, 2.45) is 0 Å². The van der Waals surface area contributed by atoms with Crippen LogP contribution >= 0.6 is 11.3 Å². The molecule has 0 saturated carbocycles. The molecule has 0 saturated heterocycles. The Balaban J connectivity index is 2.36. The Morgan fingerprint density at radius 2 is 2.08 bits per heavy atom. The Hall–Kier alpha value is -1.42. The maximum absolute atomic E-state index is 4.38. The van der Waals surface area contributed by atoms with Crippen molar-refractivity contribution in [1.82, 2.24) is 9.97 Å². The molecule has 2 heterocycles. The van der Waals surface area contributed by atoms with Crippen LogP contribution in [-0.2, 0) is 0 Å². The smallest absolute Gasteiger partial charge is 0.137 e. The van der Waals surface area contributed by atoms with E-state index in [2.05, 4.69) is 15.3 Å². The summed E-state index contributed by atoms with van der Waals surface area (Å²) in [6.07, 6.45) is 3.55. The summed E-state index contributed by atoms with van der Waals surface area (Å²) in [5.74, 6) is 0.914. The Morgan fingerprint density at radius 3 is 2.69 bits per heavy atom. The van der Waals surface area contributed by atoms with Gasteiger partial charge in [0.25, 0.3) is 0 Å². The van der Waals surface area contributed by atoms with Gasteiger partial charge in [-0.2, -0.15) is 0 Å². The molecule has 0 bridgehead atoms. The zero-order chi connectivity index (χ0) is 9.10. The number of thiazole rings is 1. The number of pyridine rings is 1. The van der Waals surface area contributed by atoms with Crippen molar-refractivity contribution in [3.63, 3.8) is 0 Å². The summed E-state index contributed by atoms with van der Waals surface area (Å²) in [6, 6.07) is 3.91. The Labute approximate surface area is 80.5 Å². The summed E-state index contributed by atoms with van der Waals surface area (Å²) < 4.78 is 0. The van der Waals surface area contributed by atoms with Crippen molar-refractivity contribution < 1.29 is 0 Å². The number of nitrogens with zero attached hydrogens (tertiary/aromatic N) is 2. The standard InChI is InChI=1S/C9H9N3S/c1-10-8-6-13-9(12-8)7-2-4-11-5-3-7/h2-6,10H,1H3. The highest BCUT2D eigenvalue weighted by atomic mass is 32.1. The molecule has 4 heteroatoms. The molecule has 13 heavy (non-hydrogen) atoms. The van der Waals surface area contributed by atoms with Gasteiger partial charge in [0.1, 0.15) is 10.8 Å². The summed E-state index contributed by atoms with van der Waals surface area (Å²) in [5.41, 5.74) is 1.11. The number of aromatic nitrogens is 2. The van der Waals surface area contributed by atoms with E-state index >= 15 is 0 Å². The highest BCUT2D eigenvalue weighted by Gasteiger charge is 2.01. The van der Waals surface area contributed by atoms with Gasteiger partial charge in [-0.05, 0) is 12.1 Å². The third-order valence-corrected chi connectivity index (χ3v) is 2.58. The van der Waals surface area contributed by atoms with Gasteiger partial charge in [-0.25, -0.2) is 4.98 Å². The first-order valence-electron chi connectivity index (χ1n) is 3.94. The van der Waals surface area contributed by atoms with Crippen molar-refractivity contribution in [1.29, 1.82) is 0 Å². The van der Waals surface area contributed by atoms with E-state index in [0.29, 0.717) is 0 Å². The van der Waals surface area contributed by atoms with Gasteiger partial charge in [0, 0.05) is 30.4 Å². The molecule has 0 aliphatic heterocycles. The van der Waals surface area contributed by atoms with Crippen LogP contribution in [-0.4, -0.2) is 17.0 Å². The van der Waals surface area contributed by atoms with Crippen LogP contribution in [0.1, 0.15) is 0 Å². The van der Waals surface area contributed by atoms with E-state index in [4.69, 9.17) is 0 Å². The molecule has 2 aromatic rings. The minimum Gasteiger partial charge on any atom is -0.372 e. The molecule has 0 aliphatic rings. The van der Waals surface area contributed by atoms with E-state index in [-0.39, 0.29) is 0 Å². The minimum absolute atomic E-state index is 0.914. The van der Waals surface area contributed by atoms with Gasteiger partial charge in [0.2, 0.25) is 0 Å². The summed E-state index contributed by atoms with van der Waals surface area (Å²) >= 11 is 1.63. The molecule has 0 amide bonds. The zero-order valence-corrected chi connectivity index (χ0v) is 8.01. The first-order valence-corrected chi connectivity index (χ1v) is 4.82. The lowest BCUT2D eigenvalue weighted by molar-refractivity contribution is 1.31. The van der Waals surface area contributed by atoms with Crippen LogP contribution in [0.25, 0.3) is 10.6 Å². The number of anilines is 1. The molecule has 66 valence electrons. The molecule has 0 radical (unpaired) electrons. The Kier molecular flexibility index (Phi) is 2.23. The first-order chi connectivity index (χ1) is 6.40. The number of nitrogens with one attached hydrogen (secondary N) is 1. The van der Waals surface area contributed by atoms with Crippen LogP contribution in [0.4, 0.5) is 5.82 Å². The molecule has 0 fully saturated rings. The molecule has 0 atom stereocenters. The third-order valence-electron chi connectivity index (χ3n) is 1.69. The van der Waals surface area contributed by atoms with E-state index in [9.17, 15) is 0 Å². The maximum atomic E-state index is 4.38. The maximum Gasteiger partial charge on any atom is 0.137 e. The topological polar surface area (TPSA) is 37.8 Å². The lowest BCUT2D eigenvalue weighted by Gasteiger charge is -1.93. The van der Waals surface area contributed by atoms with Crippen LogP contribution < -0.4 is 5.32 Å². The Bertz CT molecular complexity index is 383. The van der Waals surface area contributed by atoms with Gasteiger partial charge in [-0.15, -0.1) is 11.3 Å². The van der Waals surface area contributed by atoms with Gasteiger partial charge in [0.05, 0.1) is 0 Å². The minimum atomic E-state index is 0.914. The molecule has 0 aromatic carbocycles. The average Bonchev–Trinajstić information content (AvgIpc) is 2.67. The summed E-state index contributed by atoms with van der Waals surface area (Å²) in [5, 5.41) is 6.02. The molecular weight excluding hydrogens is 182 g/mol. The summed E-state index contributed by atoms with van der Waals surface area (Å²) in [7, 11) is 1.87. The normalized spacial score (nSPS) is 9.92. The molecule has 2 rings (SSSR count). The highest BCUT2D eigenvalue weighted by Crippen LogP contribution is 2.24. The second-order valence-electron chi connectivity index (χ2n) is 2.52. The predicted molar refractivity (Wildman–Crippen MR) is 54.9 cm³/mol. The van der Waals surface area contributed by atoms with Crippen LogP contribution in [0, 0.1) is 0 Å². The monoisotopic (exact) mass is 191 g/mol. The second kappa shape index (κ2) is 3.53. The zero-order valence-electron chi connectivity index (χ0n) is 7.19. The van der Waals surface area contributed by atoms with Gasteiger partial charge in [0.15, 0.2) is 0 Å². The van der Waals surface area contributed by atoms with E-state index < -0.39 is 0 Å². The van der Waals surface area contributed by atoms with Gasteiger partial charge in [-0.3, -0.25) is 4.98 Å². The number of hydrogen-bond donors (Lipinski definition) is 1. The number of hydrogen-bond acceptors (Lipinski definition) is 4. The number of rotatable bonds is 2. The first kappa shape index (κ1) is 8.19. The Morgan fingerprint density at radius 1 is 1.31 bits per heavy atom. The lowest BCUT2D eigenvalue weighted by atomic mass is 10.3. The predicted octanol–water partition coefficient (Wildman–Crippen LogP) is 2.25. The van der Waals surface area contributed by atoms with Crippen LogP contribution in [0.5, 0.6) is 0 Å². The van der Waals surface area contributed by atoms with Crippen molar-refractivity contribution in [2.45, 2.75) is 0 Å². The molecular formula is C9H9N3S. The fourth-order valence-corrected chi connectivity index (χ4v) is 1.83. The molecule has 2 aromatic heterocycles. The van der Waals surface area contributed by atoms with Gasteiger partial charge < -0.3 is 5.32 Å². The van der Waals surface area contributed by atoms with E-state index in [0.717, 1.165) is 16.4 Å². The average molecular weight is 191 g/mol. The summed E-state index contributed by atoms with van der Waals surface area (Å²) in [4.78, 5) is 8.34. The molecule has 3 nitrogen and oxygen atoms in total. The van der Waals surface area contributed by atoms with Crippen LogP contribution in [0.15, 0.2) is 29.9 Å². The fourth-order valence-electron chi connectivity index (χ4n) is 1.02. The lowest BCUT2D eigenvalue weighted by Crippen LogP contribution is -1.86.